The minimum Gasteiger partial charge on any atom is -0.364 e. The van der Waals surface area contributed by atoms with E-state index in [1.54, 1.807) is 20.4 Å². The topological polar surface area (TPSA) is 86.0 Å². The molecular formula is C19H26N6O2. The summed E-state index contributed by atoms with van der Waals surface area (Å²) >= 11 is 0. The molecule has 3 rings (SSSR count). The van der Waals surface area contributed by atoms with Crippen LogP contribution in [0.25, 0.3) is 0 Å². The molecule has 0 unspecified atom stereocenters. The number of benzene rings is 1. The zero-order valence-electron chi connectivity index (χ0n) is 15.8. The summed E-state index contributed by atoms with van der Waals surface area (Å²) in [5, 5.41) is 10.0. The van der Waals surface area contributed by atoms with Crippen molar-refractivity contribution in [2.45, 2.75) is 13.1 Å². The Morgan fingerprint density at radius 3 is 2.74 bits per heavy atom. The lowest BCUT2D eigenvalue weighted by atomic mass is 10.1. The minimum atomic E-state index is -0.0792. The van der Waals surface area contributed by atoms with Gasteiger partial charge in [-0.2, -0.15) is 0 Å². The Bertz CT molecular complexity index is 766. The van der Waals surface area contributed by atoms with Gasteiger partial charge in [-0.15, -0.1) is 0 Å². The third kappa shape index (κ3) is 5.07. The molecule has 8 nitrogen and oxygen atoms in total. The average Bonchev–Trinajstić information content (AvgIpc) is 3.22. The summed E-state index contributed by atoms with van der Waals surface area (Å²) in [4.78, 5) is 20.8. The summed E-state index contributed by atoms with van der Waals surface area (Å²) in [5.74, 6) is 0.797. The molecular weight excluding hydrogens is 344 g/mol. The fourth-order valence-electron chi connectivity index (χ4n) is 3.15. The van der Waals surface area contributed by atoms with E-state index in [0.29, 0.717) is 12.1 Å². The van der Waals surface area contributed by atoms with Gasteiger partial charge in [0, 0.05) is 65.0 Å². The van der Waals surface area contributed by atoms with Gasteiger partial charge >= 0.3 is 0 Å². The van der Waals surface area contributed by atoms with Gasteiger partial charge in [-0.25, -0.2) is 0 Å². The van der Waals surface area contributed by atoms with Crippen molar-refractivity contribution in [3.8, 4) is 0 Å². The average molecular weight is 370 g/mol. The van der Waals surface area contributed by atoms with Gasteiger partial charge in [-0.05, 0) is 17.7 Å². The molecule has 144 valence electrons. The third-order valence-electron chi connectivity index (χ3n) is 4.63. The molecule has 8 heteroatoms. The van der Waals surface area contributed by atoms with Crippen LogP contribution in [-0.4, -0.2) is 67.1 Å². The maximum Gasteiger partial charge on any atom is 0.251 e. The van der Waals surface area contributed by atoms with Crippen molar-refractivity contribution in [1.82, 2.24) is 25.6 Å². The van der Waals surface area contributed by atoms with E-state index < -0.39 is 0 Å². The second-order valence-electron chi connectivity index (χ2n) is 6.43. The Labute approximate surface area is 159 Å². The Balaban J connectivity index is 1.50. The monoisotopic (exact) mass is 370 g/mol. The molecule has 27 heavy (non-hydrogen) atoms. The predicted molar refractivity (Wildman–Crippen MR) is 103 cm³/mol. The molecule has 1 amide bonds. The molecule has 2 N–H and O–H groups in total. The molecule has 0 saturated carbocycles. The normalized spacial score (nSPS) is 15.6. The van der Waals surface area contributed by atoms with E-state index in [0.717, 1.165) is 49.9 Å². The van der Waals surface area contributed by atoms with Gasteiger partial charge in [0.05, 0.1) is 5.69 Å². The van der Waals surface area contributed by atoms with E-state index >= 15 is 0 Å². The molecule has 0 atom stereocenters. The van der Waals surface area contributed by atoms with Gasteiger partial charge in [0.25, 0.3) is 5.91 Å². The molecule has 1 fully saturated rings. The van der Waals surface area contributed by atoms with Crippen LogP contribution in [0.2, 0.25) is 0 Å². The van der Waals surface area contributed by atoms with Crippen LogP contribution in [0.3, 0.4) is 0 Å². The highest BCUT2D eigenvalue weighted by Gasteiger charge is 2.20. The number of aliphatic imine (C=N–C) groups is 1. The van der Waals surface area contributed by atoms with Crippen molar-refractivity contribution in [3.05, 3.63) is 53.4 Å². The molecule has 1 saturated heterocycles. The van der Waals surface area contributed by atoms with Gasteiger partial charge in [-0.3, -0.25) is 14.7 Å². The molecule has 1 aromatic heterocycles. The number of hydrogen-bond acceptors (Lipinski definition) is 5. The van der Waals surface area contributed by atoms with E-state index in [-0.39, 0.29) is 5.91 Å². The standard InChI is InChI=1S/C19H26N6O2/c1-20-18(26)16-5-3-4-15(12-16)13-22-19(21-2)25-9-7-24(8-10-25)14-17-6-11-27-23-17/h3-6,11-12H,7-10,13-14H2,1-2H3,(H,20,26)(H,21,22). The summed E-state index contributed by atoms with van der Waals surface area (Å²) < 4.78 is 4.90. The van der Waals surface area contributed by atoms with Crippen LogP contribution in [0.5, 0.6) is 0 Å². The molecule has 1 aliphatic rings. The fraction of sp³-hybridized carbons (Fsp3) is 0.421. The SMILES string of the molecule is CN=C(NCc1cccc(C(=O)NC)c1)N1CCN(Cc2ccon2)CC1. The highest BCUT2D eigenvalue weighted by atomic mass is 16.5. The number of guanidine groups is 1. The van der Waals surface area contributed by atoms with Gasteiger partial charge < -0.3 is 20.1 Å². The maximum absolute atomic E-state index is 11.8. The quantitative estimate of drug-likeness (QED) is 0.602. The number of aromatic nitrogens is 1. The number of nitrogens with zero attached hydrogens (tertiary/aromatic N) is 4. The van der Waals surface area contributed by atoms with Gasteiger partial charge in [0.15, 0.2) is 5.96 Å². The Hall–Kier alpha value is -2.87. The molecule has 0 radical (unpaired) electrons. The number of nitrogens with one attached hydrogen (secondary N) is 2. The summed E-state index contributed by atoms with van der Waals surface area (Å²) in [6.07, 6.45) is 1.61. The van der Waals surface area contributed by atoms with Crippen molar-refractivity contribution >= 4 is 11.9 Å². The minimum absolute atomic E-state index is 0.0792. The van der Waals surface area contributed by atoms with Crippen LogP contribution >= 0.6 is 0 Å². The van der Waals surface area contributed by atoms with Gasteiger partial charge in [0.2, 0.25) is 0 Å². The Kier molecular flexibility index (Phi) is 6.43. The van der Waals surface area contributed by atoms with Crippen molar-refractivity contribution in [3.63, 3.8) is 0 Å². The summed E-state index contributed by atoms with van der Waals surface area (Å²) in [7, 11) is 3.43. The Morgan fingerprint density at radius 2 is 2.07 bits per heavy atom. The highest BCUT2D eigenvalue weighted by Crippen LogP contribution is 2.09. The van der Waals surface area contributed by atoms with Crippen LogP contribution in [-0.2, 0) is 13.1 Å². The molecule has 2 aromatic rings. The number of hydrogen-bond donors (Lipinski definition) is 2. The van der Waals surface area contributed by atoms with Crippen molar-refractivity contribution in [2.75, 3.05) is 40.3 Å². The first-order valence-electron chi connectivity index (χ1n) is 9.08. The van der Waals surface area contributed by atoms with Crippen molar-refractivity contribution < 1.29 is 9.32 Å². The second-order valence-corrected chi connectivity index (χ2v) is 6.43. The number of rotatable bonds is 5. The van der Waals surface area contributed by atoms with E-state index in [1.807, 2.05) is 30.3 Å². The molecule has 2 heterocycles. The summed E-state index contributed by atoms with van der Waals surface area (Å²) in [6, 6.07) is 9.51. The van der Waals surface area contributed by atoms with Gasteiger partial charge in [0.1, 0.15) is 6.26 Å². The van der Waals surface area contributed by atoms with Crippen LogP contribution in [0.15, 0.2) is 46.1 Å². The number of amides is 1. The first kappa shape index (κ1) is 18.9. The lowest BCUT2D eigenvalue weighted by Crippen LogP contribution is -2.52. The number of piperazine rings is 1. The van der Waals surface area contributed by atoms with E-state index in [9.17, 15) is 4.79 Å². The van der Waals surface area contributed by atoms with Crippen molar-refractivity contribution in [2.24, 2.45) is 4.99 Å². The molecule has 0 aliphatic carbocycles. The largest absolute Gasteiger partial charge is 0.364 e. The first-order chi connectivity index (χ1) is 13.2. The number of carbonyl (C=O) groups excluding carboxylic acids is 1. The second kappa shape index (κ2) is 9.18. The highest BCUT2D eigenvalue weighted by molar-refractivity contribution is 5.94. The molecule has 0 spiro atoms. The predicted octanol–water partition coefficient (Wildman–Crippen LogP) is 0.927. The summed E-state index contributed by atoms with van der Waals surface area (Å²) in [5.41, 5.74) is 2.66. The summed E-state index contributed by atoms with van der Waals surface area (Å²) in [6.45, 7) is 5.12. The van der Waals surface area contributed by atoms with Crippen LogP contribution in [0.4, 0.5) is 0 Å². The first-order valence-corrected chi connectivity index (χ1v) is 9.08. The zero-order valence-corrected chi connectivity index (χ0v) is 15.8. The lowest BCUT2D eigenvalue weighted by molar-refractivity contribution is 0.0963. The molecule has 1 aliphatic heterocycles. The third-order valence-corrected chi connectivity index (χ3v) is 4.63. The Morgan fingerprint density at radius 1 is 1.26 bits per heavy atom. The van der Waals surface area contributed by atoms with Crippen LogP contribution in [0, 0.1) is 0 Å². The van der Waals surface area contributed by atoms with E-state index in [2.05, 4.69) is 30.6 Å². The van der Waals surface area contributed by atoms with Crippen molar-refractivity contribution in [1.29, 1.82) is 0 Å². The fourth-order valence-corrected chi connectivity index (χ4v) is 3.15. The number of carbonyl (C=O) groups is 1. The van der Waals surface area contributed by atoms with E-state index in [4.69, 9.17) is 4.52 Å². The molecule has 0 bridgehead atoms. The maximum atomic E-state index is 11.8. The molecule has 1 aromatic carbocycles. The van der Waals surface area contributed by atoms with E-state index in [1.165, 1.54) is 0 Å². The lowest BCUT2D eigenvalue weighted by Gasteiger charge is -2.36. The smallest absolute Gasteiger partial charge is 0.251 e. The van der Waals surface area contributed by atoms with Crippen LogP contribution < -0.4 is 10.6 Å². The van der Waals surface area contributed by atoms with Gasteiger partial charge in [-0.1, -0.05) is 17.3 Å². The zero-order chi connectivity index (χ0) is 19.1. The van der Waals surface area contributed by atoms with Crippen LogP contribution in [0.1, 0.15) is 21.6 Å².